The quantitative estimate of drug-likeness (QED) is 0.731. The van der Waals surface area contributed by atoms with Gasteiger partial charge in [-0.2, -0.15) is 10.1 Å². The Morgan fingerprint density at radius 3 is 3.00 bits per heavy atom. The predicted molar refractivity (Wildman–Crippen MR) is 90.2 cm³/mol. The minimum atomic E-state index is -0.323. The highest BCUT2D eigenvalue weighted by atomic mass is 19.1. The first-order valence-electron chi connectivity index (χ1n) is 8.57. The number of nitrogens with zero attached hydrogens (tertiary/aromatic N) is 4. The van der Waals surface area contributed by atoms with Crippen LogP contribution in [-0.2, 0) is 19.4 Å². The Morgan fingerprint density at radius 2 is 2.12 bits per heavy atom. The molecule has 1 aliphatic carbocycles. The van der Waals surface area contributed by atoms with Crippen molar-refractivity contribution in [3.05, 3.63) is 51.7 Å². The summed E-state index contributed by atoms with van der Waals surface area (Å²) < 4.78 is 20.5. The van der Waals surface area contributed by atoms with E-state index in [1.165, 1.54) is 12.1 Å². The molecule has 2 aliphatic rings. The minimum absolute atomic E-state index is 0.0172. The molecule has 0 radical (unpaired) electrons. The number of anilines is 1. The van der Waals surface area contributed by atoms with Crippen LogP contribution in [0.1, 0.15) is 17.7 Å². The smallest absolute Gasteiger partial charge is 0.298 e. The van der Waals surface area contributed by atoms with Gasteiger partial charge < -0.3 is 9.32 Å². The highest BCUT2D eigenvalue weighted by Crippen LogP contribution is 2.28. The molecule has 3 aromatic rings. The molecule has 1 fully saturated rings. The van der Waals surface area contributed by atoms with Crippen LogP contribution in [0.3, 0.4) is 0 Å². The SMILES string of the molecule is O=c1cc2c(nn1CC1CN(c3nc4cc(F)ccc4o3)C1)CCC2. The number of fused-ring (bicyclic) bond motifs is 2. The Labute approximate surface area is 142 Å². The van der Waals surface area contributed by atoms with Crippen LogP contribution < -0.4 is 10.5 Å². The van der Waals surface area contributed by atoms with E-state index in [2.05, 4.69) is 10.1 Å². The van der Waals surface area contributed by atoms with Gasteiger partial charge in [-0.15, -0.1) is 0 Å². The van der Waals surface area contributed by atoms with Gasteiger partial charge in [-0.05, 0) is 37.0 Å². The van der Waals surface area contributed by atoms with Crippen LogP contribution in [0.25, 0.3) is 11.1 Å². The zero-order valence-corrected chi connectivity index (χ0v) is 13.6. The van der Waals surface area contributed by atoms with Crippen molar-refractivity contribution in [3.8, 4) is 0 Å². The summed E-state index contributed by atoms with van der Waals surface area (Å²) in [5.41, 5.74) is 3.26. The minimum Gasteiger partial charge on any atom is -0.423 e. The van der Waals surface area contributed by atoms with Crippen LogP contribution in [0.4, 0.5) is 10.4 Å². The molecule has 128 valence electrons. The molecule has 0 spiro atoms. The number of aryl methyl sites for hydroxylation is 2. The molecule has 2 aromatic heterocycles. The lowest BCUT2D eigenvalue weighted by molar-refractivity contribution is 0.317. The fraction of sp³-hybridized carbons (Fsp3) is 0.389. The molecule has 0 unspecified atom stereocenters. The number of benzene rings is 1. The zero-order chi connectivity index (χ0) is 17.0. The third-order valence-electron chi connectivity index (χ3n) is 5.02. The van der Waals surface area contributed by atoms with Crippen LogP contribution in [0.2, 0.25) is 0 Å². The lowest BCUT2D eigenvalue weighted by atomic mass is 10.0. The lowest BCUT2D eigenvalue weighted by Gasteiger charge is -2.37. The maximum absolute atomic E-state index is 13.2. The van der Waals surface area contributed by atoms with E-state index < -0.39 is 0 Å². The van der Waals surface area contributed by atoms with Gasteiger partial charge in [0, 0.05) is 31.1 Å². The largest absolute Gasteiger partial charge is 0.423 e. The van der Waals surface area contributed by atoms with E-state index in [-0.39, 0.29) is 11.4 Å². The molecule has 6 nitrogen and oxygen atoms in total. The fourth-order valence-electron chi connectivity index (χ4n) is 3.68. The summed E-state index contributed by atoms with van der Waals surface area (Å²) in [6, 6.07) is 6.56. The van der Waals surface area contributed by atoms with Crippen molar-refractivity contribution in [3.63, 3.8) is 0 Å². The Kier molecular flexibility index (Phi) is 3.16. The van der Waals surface area contributed by atoms with Crippen molar-refractivity contribution in [1.82, 2.24) is 14.8 Å². The summed E-state index contributed by atoms with van der Waals surface area (Å²) in [6.45, 7) is 2.11. The summed E-state index contributed by atoms with van der Waals surface area (Å²) in [4.78, 5) is 18.5. The van der Waals surface area contributed by atoms with Crippen LogP contribution in [0.5, 0.6) is 0 Å². The van der Waals surface area contributed by atoms with E-state index >= 15 is 0 Å². The molecule has 0 saturated carbocycles. The molecular formula is C18H17FN4O2. The topological polar surface area (TPSA) is 64.2 Å². The normalized spacial score (nSPS) is 17.1. The average molecular weight is 340 g/mol. The van der Waals surface area contributed by atoms with Crippen molar-refractivity contribution >= 4 is 17.1 Å². The third kappa shape index (κ3) is 2.50. The van der Waals surface area contributed by atoms with E-state index in [9.17, 15) is 9.18 Å². The number of hydrogen-bond acceptors (Lipinski definition) is 5. The van der Waals surface area contributed by atoms with Crippen molar-refractivity contribution in [2.75, 3.05) is 18.0 Å². The van der Waals surface area contributed by atoms with E-state index in [1.54, 1.807) is 16.8 Å². The highest BCUT2D eigenvalue weighted by Gasteiger charge is 2.31. The second kappa shape index (κ2) is 5.40. The first-order chi connectivity index (χ1) is 12.2. The summed E-state index contributed by atoms with van der Waals surface area (Å²) in [5.74, 6) is 0.00676. The van der Waals surface area contributed by atoms with E-state index in [1.807, 2.05) is 4.90 Å². The maximum atomic E-state index is 13.2. The molecule has 0 atom stereocenters. The predicted octanol–water partition coefficient (Wildman–Crippen LogP) is 2.15. The molecule has 1 aliphatic heterocycles. The molecule has 0 N–H and O–H groups in total. The van der Waals surface area contributed by atoms with Crippen LogP contribution in [0.15, 0.2) is 33.5 Å². The first-order valence-corrected chi connectivity index (χ1v) is 8.57. The molecule has 0 bridgehead atoms. The highest BCUT2D eigenvalue weighted by molar-refractivity contribution is 5.74. The van der Waals surface area contributed by atoms with Crippen molar-refractivity contribution in [1.29, 1.82) is 0 Å². The Hall–Kier alpha value is -2.70. The van der Waals surface area contributed by atoms with Gasteiger partial charge in [-0.3, -0.25) is 4.79 Å². The fourth-order valence-corrected chi connectivity index (χ4v) is 3.68. The molecule has 3 heterocycles. The third-order valence-corrected chi connectivity index (χ3v) is 5.02. The van der Waals surface area contributed by atoms with Gasteiger partial charge in [0.25, 0.3) is 11.6 Å². The summed E-state index contributed by atoms with van der Waals surface area (Å²) in [7, 11) is 0. The van der Waals surface area contributed by atoms with E-state index in [0.717, 1.165) is 43.6 Å². The van der Waals surface area contributed by atoms with Crippen molar-refractivity contribution < 1.29 is 8.81 Å². The number of hydrogen-bond donors (Lipinski definition) is 0. The Bertz CT molecular complexity index is 1020. The van der Waals surface area contributed by atoms with E-state index in [0.29, 0.717) is 29.6 Å². The molecule has 5 rings (SSSR count). The number of halogens is 1. The van der Waals surface area contributed by atoms with Gasteiger partial charge >= 0.3 is 0 Å². The number of oxazole rings is 1. The average Bonchev–Trinajstić information content (AvgIpc) is 3.15. The number of aromatic nitrogens is 3. The van der Waals surface area contributed by atoms with E-state index in [4.69, 9.17) is 4.42 Å². The molecule has 7 heteroatoms. The second-order valence-corrected chi connectivity index (χ2v) is 6.87. The van der Waals surface area contributed by atoms with Crippen molar-refractivity contribution in [2.45, 2.75) is 25.8 Å². The second-order valence-electron chi connectivity index (χ2n) is 6.87. The summed E-state index contributed by atoms with van der Waals surface area (Å²) in [5, 5.41) is 4.52. The molecular weight excluding hydrogens is 323 g/mol. The van der Waals surface area contributed by atoms with Gasteiger partial charge in [0.15, 0.2) is 5.58 Å². The van der Waals surface area contributed by atoms with Gasteiger partial charge in [0.1, 0.15) is 11.3 Å². The molecule has 1 saturated heterocycles. The zero-order valence-electron chi connectivity index (χ0n) is 13.6. The van der Waals surface area contributed by atoms with Gasteiger partial charge in [0.05, 0.1) is 12.2 Å². The van der Waals surface area contributed by atoms with Crippen LogP contribution >= 0.6 is 0 Å². The molecule has 0 amide bonds. The first kappa shape index (κ1) is 14.6. The molecule has 25 heavy (non-hydrogen) atoms. The summed E-state index contributed by atoms with van der Waals surface area (Å²) in [6.07, 6.45) is 3.01. The Morgan fingerprint density at radius 1 is 1.24 bits per heavy atom. The molecule has 1 aromatic carbocycles. The van der Waals surface area contributed by atoms with Crippen LogP contribution in [0, 0.1) is 11.7 Å². The summed E-state index contributed by atoms with van der Waals surface area (Å²) >= 11 is 0. The van der Waals surface area contributed by atoms with Gasteiger partial charge in [-0.25, -0.2) is 9.07 Å². The van der Waals surface area contributed by atoms with Gasteiger partial charge in [0.2, 0.25) is 0 Å². The van der Waals surface area contributed by atoms with Crippen molar-refractivity contribution in [2.24, 2.45) is 5.92 Å². The number of rotatable bonds is 3. The maximum Gasteiger partial charge on any atom is 0.298 e. The Balaban J connectivity index is 1.29. The van der Waals surface area contributed by atoms with Gasteiger partial charge in [-0.1, -0.05) is 0 Å². The standard InChI is InChI=1S/C18H17FN4O2/c19-13-4-5-16-15(7-13)20-18(25-16)22-8-11(9-22)10-23-17(24)6-12-2-1-3-14(12)21-23/h4-7,11H,1-3,8-10H2. The monoisotopic (exact) mass is 340 g/mol. The lowest BCUT2D eigenvalue weighted by Crippen LogP contribution is -2.50. The van der Waals surface area contributed by atoms with Crippen LogP contribution in [-0.4, -0.2) is 27.9 Å².